The molecule has 0 amide bonds. The van der Waals surface area contributed by atoms with Crippen LogP contribution in [0.15, 0.2) is 22.1 Å². The normalized spacial score (nSPS) is 11.9. The first-order valence-corrected chi connectivity index (χ1v) is 6.15. The molecular formula is C12H15BrO3. The Labute approximate surface area is 104 Å². The highest BCUT2D eigenvalue weighted by Crippen LogP contribution is 2.18. The zero-order valence-electron chi connectivity index (χ0n) is 9.62. The first-order valence-electron chi connectivity index (χ1n) is 5.03. The van der Waals surface area contributed by atoms with Gasteiger partial charge in [-0.25, -0.2) is 4.79 Å². The maximum atomic E-state index is 11.2. The van der Waals surface area contributed by atoms with E-state index in [1.165, 1.54) is 12.7 Å². The van der Waals surface area contributed by atoms with Crippen LogP contribution in [0.4, 0.5) is 0 Å². The van der Waals surface area contributed by atoms with Gasteiger partial charge in [0.05, 0.1) is 7.11 Å². The fourth-order valence-corrected chi connectivity index (χ4v) is 1.99. The molecule has 0 aliphatic heterocycles. The number of halogens is 1. The van der Waals surface area contributed by atoms with E-state index >= 15 is 0 Å². The van der Waals surface area contributed by atoms with Crippen LogP contribution in [-0.2, 0) is 4.74 Å². The van der Waals surface area contributed by atoms with Crippen molar-refractivity contribution in [2.75, 3.05) is 12.4 Å². The molecule has 0 fully saturated rings. The summed E-state index contributed by atoms with van der Waals surface area (Å²) in [6.07, 6.45) is 1.94. The van der Waals surface area contributed by atoms with Crippen molar-refractivity contribution in [2.24, 2.45) is 5.92 Å². The molecule has 4 heteroatoms. The molecular weight excluding hydrogens is 272 g/mol. The number of furan rings is 1. The molecule has 0 saturated heterocycles. The molecule has 0 radical (unpaired) electrons. The quantitative estimate of drug-likeness (QED) is 0.628. The lowest BCUT2D eigenvalue weighted by atomic mass is 10.0. The monoisotopic (exact) mass is 286 g/mol. The largest absolute Gasteiger partial charge is 0.463 e. The minimum absolute atomic E-state index is 0.228. The van der Waals surface area contributed by atoms with Crippen LogP contribution in [-0.4, -0.2) is 18.4 Å². The van der Waals surface area contributed by atoms with E-state index in [1.54, 1.807) is 12.1 Å². The van der Waals surface area contributed by atoms with Gasteiger partial charge in [0.1, 0.15) is 5.76 Å². The Morgan fingerprint density at radius 1 is 1.56 bits per heavy atom. The number of esters is 1. The van der Waals surface area contributed by atoms with Crippen molar-refractivity contribution in [2.45, 2.75) is 13.8 Å². The van der Waals surface area contributed by atoms with Crippen molar-refractivity contribution in [3.63, 3.8) is 0 Å². The van der Waals surface area contributed by atoms with E-state index < -0.39 is 5.97 Å². The summed E-state index contributed by atoms with van der Waals surface area (Å²) in [6, 6.07) is 3.38. The second kappa shape index (κ2) is 5.89. The van der Waals surface area contributed by atoms with Gasteiger partial charge in [0.15, 0.2) is 0 Å². The van der Waals surface area contributed by atoms with Gasteiger partial charge in [0.2, 0.25) is 5.76 Å². The minimum atomic E-state index is -0.454. The third-order valence-electron chi connectivity index (χ3n) is 2.24. The molecule has 0 aliphatic carbocycles. The number of hydrogen-bond acceptors (Lipinski definition) is 3. The highest BCUT2D eigenvalue weighted by atomic mass is 79.9. The van der Waals surface area contributed by atoms with Crippen LogP contribution in [0.3, 0.4) is 0 Å². The minimum Gasteiger partial charge on any atom is -0.463 e. The summed E-state index contributed by atoms with van der Waals surface area (Å²) in [5.74, 6) is 0.880. The average molecular weight is 287 g/mol. The summed E-state index contributed by atoms with van der Waals surface area (Å²) in [5.41, 5.74) is 1.21. The molecule has 1 rings (SSSR count). The summed E-state index contributed by atoms with van der Waals surface area (Å²) >= 11 is 3.42. The lowest BCUT2D eigenvalue weighted by molar-refractivity contribution is 0.0564. The molecule has 0 aliphatic rings. The van der Waals surface area contributed by atoms with Crippen LogP contribution in [0.25, 0.3) is 6.08 Å². The molecule has 88 valence electrons. The fraction of sp³-hybridized carbons (Fsp3) is 0.417. The Morgan fingerprint density at radius 3 is 2.75 bits per heavy atom. The molecule has 0 bridgehead atoms. The van der Waals surface area contributed by atoms with E-state index in [1.807, 2.05) is 6.08 Å². The van der Waals surface area contributed by atoms with Crippen molar-refractivity contribution in [3.8, 4) is 0 Å². The first-order chi connectivity index (χ1) is 7.58. The summed E-state index contributed by atoms with van der Waals surface area (Å²) in [5, 5.41) is 0.791. The number of carbonyl (C=O) groups is 1. The third-order valence-corrected chi connectivity index (χ3v) is 2.88. The molecule has 3 nitrogen and oxygen atoms in total. The second-order valence-electron chi connectivity index (χ2n) is 3.70. The maximum absolute atomic E-state index is 11.2. The van der Waals surface area contributed by atoms with Gasteiger partial charge in [-0.15, -0.1) is 0 Å². The number of ether oxygens (including phenoxy) is 1. The Balaban J connectivity index is 2.90. The Kier molecular flexibility index (Phi) is 4.80. The SMILES string of the molecule is COC(=O)c1ccc(C=C(CBr)C(C)C)o1. The third kappa shape index (κ3) is 3.23. The van der Waals surface area contributed by atoms with Crippen molar-refractivity contribution >= 4 is 28.0 Å². The van der Waals surface area contributed by atoms with Gasteiger partial charge >= 0.3 is 5.97 Å². The van der Waals surface area contributed by atoms with Gasteiger partial charge in [0, 0.05) is 5.33 Å². The molecule has 0 unspecified atom stereocenters. The Morgan fingerprint density at radius 2 is 2.25 bits per heavy atom. The van der Waals surface area contributed by atoms with Crippen molar-refractivity contribution < 1.29 is 13.9 Å². The van der Waals surface area contributed by atoms with Crippen molar-refractivity contribution in [1.82, 2.24) is 0 Å². The second-order valence-corrected chi connectivity index (χ2v) is 4.26. The number of hydrogen-bond donors (Lipinski definition) is 0. The van der Waals surface area contributed by atoms with Gasteiger partial charge in [-0.1, -0.05) is 35.4 Å². The standard InChI is InChI=1S/C12H15BrO3/c1-8(2)9(7-13)6-10-4-5-11(16-10)12(14)15-3/h4-6,8H,7H2,1-3H3. The molecule has 0 N–H and O–H groups in total. The molecule has 16 heavy (non-hydrogen) atoms. The highest BCUT2D eigenvalue weighted by molar-refractivity contribution is 9.09. The van der Waals surface area contributed by atoms with Crippen LogP contribution >= 0.6 is 15.9 Å². The van der Waals surface area contributed by atoms with E-state index in [0.29, 0.717) is 11.7 Å². The average Bonchev–Trinajstić information content (AvgIpc) is 2.72. The molecule has 1 heterocycles. The first kappa shape index (κ1) is 13.0. The molecule has 0 saturated carbocycles. The molecule has 0 spiro atoms. The smallest absolute Gasteiger partial charge is 0.373 e. The van der Waals surface area contributed by atoms with E-state index in [9.17, 15) is 4.79 Å². The summed E-state index contributed by atoms with van der Waals surface area (Å²) < 4.78 is 9.91. The van der Waals surface area contributed by atoms with Crippen LogP contribution in [0.5, 0.6) is 0 Å². The summed E-state index contributed by atoms with van der Waals surface area (Å²) in [7, 11) is 1.33. The van der Waals surface area contributed by atoms with Gasteiger partial charge in [-0.2, -0.15) is 0 Å². The molecule has 0 aromatic carbocycles. The maximum Gasteiger partial charge on any atom is 0.373 e. The number of carbonyl (C=O) groups excluding carboxylic acids is 1. The molecule has 0 atom stereocenters. The van der Waals surface area contributed by atoms with Crippen molar-refractivity contribution in [3.05, 3.63) is 29.2 Å². The van der Waals surface area contributed by atoms with Crippen LogP contribution < -0.4 is 0 Å². The number of rotatable bonds is 4. The van der Waals surface area contributed by atoms with E-state index in [0.717, 1.165) is 5.33 Å². The molecule has 1 aromatic heterocycles. The molecule has 1 aromatic rings. The van der Waals surface area contributed by atoms with Gasteiger partial charge in [-0.05, 0) is 24.1 Å². The van der Waals surface area contributed by atoms with E-state index in [4.69, 9.17) is 4.42 Å². The van der Waals surface area contributed by atoms with Gasteiger partial charge < -0.3 is 9.15 Å². The number of methoxy groups -OCH3 is 1. The lowest BCUT2D eigenvalue weighted by Crippen LogP contribution is -1.98. The predicted octanol–water partition coefficient (Wildman–Crippen LogP) is 3.50. The zero-order chi connectivity index (χ0) is 12.1. The predicted molar refractivity (Wildman–Crippen MR) is 66.7 cm³/mol. The number of alkyl halides is 1. The zero-order valence-corrected chi connectivity index (χ0v) is 11.2. The highest BCUT2D eigenvalue weighted by Gasteiger charge is 2.10. The van der Waals surface area contributed by atoms with Gasteiger partial charge in [0.25, 0.3) is 0 Å². The Hall–Kier alpha value is -1.03. The van der Waals surface area contributed by atoms with Crippen LogP contribution in [0.1, 0.15) is 30.2 Å². The van der Waals surface area contributed by atoms with E-state index in [2.05, 4.69) is 34.5 Å². The van der Waals surface area contributed by atoms with Crippen LogP contribution in [0, 0.1) is 5.92 Å². The fourth-order valence-electron chi connectivity index (χ4n) is 1.18. The van der Waals surface area contributed by atoms with Gasteiger partial charge in [-0.3, -0.25) is 0 Å². The Bertz CT molecular complexity index is 391. The topological polar surface area (TPSA) is 39.4 Å². The number of allylic oxidation sites excluding steroid dienone is 1. The van der Waals surface area contributed by atoms with E-state index in [-0.39, 0.29) is 5.76 Å². The lowest BCUT2D eigenvalue weighted by Gasteiger charge is -2.06. The summed E-state index contributed by atoms with van der Waals surface area (Å²) in [6.45, 7) is 4.22. The van der Waals surface area contributed by atoms with Crippen LogP contribution in [0.2, 0.25) is 0 Å². The van der Waals surface area contributed by atoms with Crippen molar-refractivity contribution in [1.29, 1.82) is 0 Å². The summed E-state index contributed by atoms with van der Waals surface area (Å²) in [4.78, 5) is 11.2.